The topological polar surface area (TPSA) is 75.1 Å². The fourth-order valence-corrected chi connectivity index (χ4v) is 1.74. The molecular formula is C11H18N2O3. The summed E-state index contributed by atoms with van der Waals surface area (Å²) in [5, 5.41) is 9.98. The van der Waals surface area contributed by atoms with Gasteiger partial charge in [-0.2, -0.15) is 0 Å². The molecule has 2 unspecified atom stereocenters. The van der Waals surface area contributed by atoms with Crippen LogP contribution in [0.25, 0.3) is 0 Å². The number of aromatic nitrogens is 2. The monoisotopic (exact) mass is 226 g/mol. The zero-order chi connectivity index (χ0) is 12.3. The Morgan fingerprint density at radius 2 is 2.06 bits per heavy atom. The molecule has 0 aliphatic rings. The molecule has 0 aromatic carbocycles. The summed E-state index contributed by atoms with van der Waals surface area (Å²) in [5.41, 5.74) is -0.894. The summed E-state index contributed by atoms with van der Waals surface area (Å²) >= 11 is 0. The standard InChI is InChI=1S/C11H18N2O3/c1-4-8(10(15)7(2)3)13-6-5-9(14)12-11(13)16/h5-8,10,15H,4H2,1-3H3,(H,12,14,16). The van der Waals surface area contributed by atoms with Crippen molar-refractivity contribution in [2.75, 3.05) is 0 Å². The van der Waals surface area contributed by atoms with Crippen LogP contribution in [0.1, 0.15) is 33.2 Å². The third kappa shape index (κ3) is 2.61. The van der Waals surface area contributed by atoms with E-state index in [2.05, 4.69) is 4.98 Å². The van der Waals surface area contributed by atoms with E-state index < -0.39 is 17.4 Å². The molecule has 1 aromatic rings. The second-order valence-corrected chi connectivity index (χ2v) is 4.23. The summed E-state index contributed by atoms with van der Waals surface area (Å²) in [6, 6.07) is 0.987. The van der Waals surface area contributed by atoms with E-state index in [1.54, 1.807) is 0 Å². The minimum Gasteiger partial charge on any atom is -0.391 e. The average molecular weight is 226 g/mol. The predicted octanol–water partition coefficient (Wildman–Crippen LogP) is 0.505. The van der Waals surface area contributed by atoms with Crippen LogP contribution in [0.2, 0.25) is 0 Å². The minimum absolute atomic E-state index is 0.0591. The van der Waals surface area contributed by atoms with Gasteiger partial charge in [-0.05, 0) is 12.3 Å². The first-order valence-electron chi connectivity index (χ1n) is 5.47. The number of nitrogens with zero attached hydrogens (tertiary/aromatic N) is 1. The quantitative estimate of drug-likeness (QED) is 0.785. The zero-order valence-corrected chi connectivity index (χ0v) is 9.80. The van der Waals surface area contributed by atoms with Gasteiger partial charge in [-0.15, -0.1) is 0 Å². The van der Waals surface area contributed by atoms with Gasteiger partial charge in [0.15, 0.2) is 0 Å². The Balaban J connectivity index is 3.14. The number of aliphatic hydroxyl groups excluding tert-OH is 1. The zero-order valence-electron chi connectivity index (χ0n) is 9.80. The van der Waals surface area contributed by atoms with Gasteiger partial charge in [-0.25, -0.2) is 4.79 Å². The van der Waals surface area contributed by atoms with Crippen molar-refractivity contribution in [3.05, 3.63) is 33.1 Å². The average Bonchev–Trinajstić information content (AvgIpc) is 2.21. The van der Waals surface area contributed by atoms with Crippen LogP contribution in [-0.2, 0) is 0 Å². The van der Waals surface area contributed by atoms with Crippen LogP contribution in [0.3, 0.4) is 0 Å². The third-order valence-corrected chi connectivity index (χ3v) is 2.70. The smallest absolute Gasteiger partial charge is 0.328 e. The van der Waals surface area contributed by atoms with Crippen LogP contribution in [0, 0.1) is 5.92 Å². The van der Waals surface area contributed by atoms with Gasteiger partial charge in [0.05, 0.1) is 12.1 Å². The van der Waals surface area contributed by atoms with Crippen molar-refractivity contribution in [2.45, 2.75) is 39.3 Å². The second kappa shape index (κ2) is 5.12. The minimum atomic E-state index is -0.603. The summed E-state index contributed by atoms with van der Waals surface area (Å²) < 4.78 is 1.38. The number of rotatable bonds is 4. The van der Waals surface area contributed by atoms with Gasteiger partial charge >= 0.3 is 5.69 Å². The van der Waals surface area contributed by atoms with E-state index in [-0.39, 0.29) is 12.0 Å². The number of aromatic amines is 1. The van der Waals surface area contributed by atoms with E-state index in [1.165, 1.54) is 16.8 Å². The lowest BCUT2D eigenvalue weighted by atomic mass is 9.97. The first kappa shape index (κ1) is 12.7. The number of hydrogen-bond acceptors (Lipinski definition) is 3. The molecule has 0 bridgehead atoms. The molecule has 90 valence electrons. The Kier molecular flexibility index (Phi) is 4.06. The highest BCUT2D eigenvalue weighted by molar-refractivity contribution is 4.88. The van der Waals surface area contributed by atoms with Crippen molar-refractivity contribution < 1.29 is 5.11 Å². The van der Waals surface area contributed by atoms with Crippen LogP contribution >= 0.6 is 0 Å². The summed E-state index contributed by atoms with van der Waals surface area (Å²) in [6.45, 7) is 5.68. The van der Waals surface area contributed by atoms with Gasteiger partial charge in [0, 0.05) is 12.3 Å². The van der Waals surface area contributed by atoms with Gasteiger partial charge in [-0.1, -0.05) is 20.8 Å². The van der Waals surface area contributed by atoms with Crippen LogP contribution in [0.15, 0.2) is 21.9 Å². The van der Waals surface area contributed by atoms with Crippen molar-refractivity contribution in [1.82, 2.24) is 9.55 Å². The molecule has 0 saturated carbocycles. The Morgan fingerprint density at radius 3 is 2.50 bits per heavy atom. The van der Waals surface area contributed by atoms with Crippen molar-refractivity contribution >= 4 is 0 Å². The van der Waals surface area contributed by atoms with E-state index in [0.717, 1.165) is 0 Å². The summed E-state index contributed by atoms with van der Waals surface area (Å²) in [7, 11) is 0. The molecule has 5 heteroatoms. The maximum atomic E-state index is 11.6. The van der Waals surface area contributed by atoms with Crippen LogP contribution in [0.4, 0.5) is 0 Å². The fourth-order valence-electron chi connectivity index (χ4n) is 1.74. The lowest BCUT2D eigenvalue weighted by Gasteiger charge is -2.26. The maximum absolute atomic E-state index is 11.6. The van der Waals surface area contributed by atoms with Crippen LogP contribution in [0.5, 0.6) is 0 Å². The molecule has 5 nitrogen and oxygen atoms in total. The molecule has 0 fully saturated rings. The molecule has 2 atom stereocenters. The third-order valence-electron chi connectivity index (χ3n) is 2.70. The lowest BCUT2D eigenvalue weighted by molar-refractivity contribution is 0.0653. The highest BCUT2D eigenvalue weighted by Crippen LogP contribution is 2.19. The second-order valence-electron chi connectivity index (χ2n) is 4.23. The van der Waals surface area contributed by atoms with Gasteiger partial charge in [0.1, 0.15) is 0 Å². The highest BCUT2D eigenvalue weighted by atomic mass is 16.3. The Hall–Kier alpha value is -1.36. The van der Waals surface area contributed by atoms with Gasteiger partial charge < -0.3 is 5.11 Å². The number of nitrogens with one attached hydrogen (secondary N) is 1. The molecule has 0 amide bonds. The highest BCUT2D eigenvalue weighted by Gasteiger charge is 2.22. The van der Waals surface area contributed by atoms with E-state index in [4.69, 9.17) is 0 Å². The van der Waals surface area contributed by atoms with Crippen molar-refractivity contribution in [2.24, 2.45) is 5.92 Å². The van der Waals surface area contributed by atoms with E-state index >= 15 is 0 Å². The molecule has 2 N–H and O–H groups in total. The first-order valence-corrected chi connectivity index (χ1v) is 5.47. The van der Waals surface area contributed by atoms with Crippen LogP contribution < -0.4 is 11.2 Å². The number of aliphatic hydroxyl groups is 1. The van der Waals surface area contributed by atoms with Crippen molar-refractivity contribution in [3.8, 4) is 0 Å². The molecule has 1 heterocycles. The van der Waals surface area contributed by atoms with E-state index in [9.17, 15) is 14.7 Å². The first-order chi connectivity index (χ1) is 7.47. The molecule has 0 saturated heterocycles. The Morgan fingerprint density at radius 1 is 1.44 bits per heavy atom. The fraction of sp³-hybridized carbons (Fsp3) is 0.636. The molecule has 1 aromatic heterocycles. The molecule has 0 radical (unpaired) electrons. The van der Waals surface area contributed by atoms with Gasteiger partial charge in [0.25, 0.3) is 5.56 Å². The molecule has 0 aliphatic carbocycles. The van der Waals surface area contributed by atoms with Crippen LogP contribution in [-0.4, -0.2) is 20.8 Å². The maximum Gasteiger partial charge on any atom is 0.328 e. The largest absolute Gasteiger partial charge is 0.391 e. The number of H-pyrrole nitrogens is 1. The summed E-state index contributed by atoms with van der Waals surface area (Å²) in [5.74, 6) is 0.0591. The SMILES string of the molecule is CCC(C(O)C(C)C)n1ccc(=O)[nH]c1=O. The van der Waals surface area contributed by atoms with Crippen molar-refractivity contribution in [3.63, 3.8) is 0 Å². The predicted molar refractivity (Wildman–Crippen MR) is 61.5 cm³/mol. The molecule has 16 heavy (non-hydrogen) atoms. The molecule has 1 rings (SSSR count). The Labute approximate surface area is 93.8 Å². The lowest BCUT2D eigenvalue weighted by Crippen LogP contribution is -2.37. The van der Waals surface area contributed by atoms with Gasteiger partial charge in [0.2, 0.25) is 0 Å². The van der Waals surface area contributed by atoms with Gasteiger partial charge in [-0.3, -0.25) is 14.3 Å². The normalized spacial score (nSPS) is 15.1. The van der Waals surface area contributed by atoms with E-state index in [0.29, 0.717) is 6.42 Å². The Bertz CT molecular complexity index is 447. The molecule has 0 spiro atoms. The van der Waals surface area contributed by atoms with E-state index in [1.807, 2.05) is 20.8 Å². The summed E-state index contributed by atoms with van der Waals surface area (Å²) in [6.07, 6.45) is 1.46. The summed E-state index contributed by atoms with van der Waals surface area (Å²) in [4.78, 5) is 24.7. The molecule has 0 aliphatic heterocycles. The molecular weight excluding hydrogens is 208 g/mol. The number of hydrogen-bond donors (Lipinski definition) is 2. The van der Waals surface area contributed by atoms with Crippen molar-refractivity contribution in [1.29, 1.82) is 0 Å².